The van der Waals surface area contributed by atoms with Crippen LogP contribution in [0.2, 0.25) is 0 Å². The summed E-state index contributed by atoms with van der Waals surface area (Å²) in [5, 5.41) is 6.69. The van der Waals surface area contributed by atoms with Gasteiger partial charge in [-0.25, -0.2) is 0 Å². The Kier molecular flexibility index (Phi) is 5.92. The molecule has 1 aromatic rings. The van der Waals surface area contributed by atoms with Crippen LogP contribution in [0.25, 0.3) is 0 Å². The SMILES string of the molecule is CN=C(NCC1(c2ccccc2Br)CC1)N1CCN(CC(=O)NC2CC2)CC1. The number of benzene rings is 1. The van der Waals surface area contributed by atoms with Gasteiger partial charge in [0.1, 0.15) is 0 Å². The summed E-state index contributed by atoms with van der Waals surface area (Å²) in [6.07, 6.45) is 4.71. The number of rotatable bonds is 6. The molecule has 0 radical (unpaired) electrons. The molecule has 1 aliphatic heterocycles. The fourth-order valence-corrected chi connectivity index (χ4v) is 4.69. The van der Waals surface area contributed by atoms with Crippen LogP contribution in [0.3, 0.4) is 0 Å². The van der Waals surface area contributed by atoms with Crippen molar-refractivity contribution in [2.45, 2.75) is 37.1 Å². The Morgan fingerprint density at radius 1 is 1.21 bits per heavy atom. The predicted molar refractivity (Wildman–Crippen MR) is 116 cm³/mol. The van der Waals surface area contributed by atoms with Crippen molar-refractivity contribution < 1.29 is 4.79 Å². The maximum absolute atomic E-state index is 12.0. The van der Waals surface area contributed by atoms with Gasteiger partial charge in [-0.05, 0) is 37.3 Å². The highest BCUT2D eigenvalue weighted by atomic mass is 79.9. The fourth-order valence-electron chi connectivity index (χ4n) is 3.99. The summed E-state index contributed by atoms with van der Waals surface area (Å²) in [6.45, 7) is 5.02. The molecule has 3 aliphatic rings. The molecule has 1 amide bonds. The second-order valence-electron chi connectivity index (χ2n) is 8.27. The van der Waals surface area contributed by atoms with E-state index < -0.39 is 0 Å². The van der Waals surface area contributed by atoms with Crippen LogP contribution >= 0.6 is 15.9 Å². The third kappa shape index (κ3) is 4.69. The number of hydrogen-bond donors (Lipinski definition) is 2. The van der Waals surface area contributed by atoms with Crippen LogP contribution in [0.4, 0.5) is 0 Å². The number of guanidine groups is 1. The highest BCUT2D eigenvalue weighted by Crippen LogP contribution is 2.49. The molecule has 3 fully saturated rings. The number of piperazine rings is 1. The van der Waals surface area contributed by atoms with Crippen molar-refractivity contribution in [3.8, 4) is 0 Å². The molecule has 0 unspecified atom stereocenters. The van der Waals surface area contributed by atoms with Gasteiger partial charge in [-0.2, -0.15) is 0 Å². The number of hydrogen-bond acceptors (Lipinski definition) is 3. The quantitative estimate of drug-likeness (QED) is 0.516. The average molecular weight is 448 g/mol. The van der Waals surface area contributed by atoms with Crippen molar-refractivity contribution >= 4 is 27.8 Å². The van der Waals surface area contributed by atoms with Crippen LogP contribution in [0.1, 0.15) is 31.2 Å². The third-order valence-electron chi connectivity index (χ3n) is 6.08. The summed E-state index contributed by atoms with van der Waals surface area (Å²) in [5.74, 6) is 1.14. The van der Waals surface area contributed by atoms with Gasteiger partial charge in [0.05, 0.1) is 6.54 Å². The molecule has 2 aliphatic carbocycles. The van der Waals surface area contributed by atoms with E-state index in [1.807, 2.05) is 7.05 Å². The standard InChI is InChI=1S/C21H30BrN5O/c1-23-20(24-15-21(8-9-21)17-4-2-3-5-18(17)22)27-12-10-26(11-13-27)14-19(28)25-16-6-7-16/h2-5,16H,6-15H2,1H3,(H,23,24)(H,25,28). The predicted octanol–water partition coefficient (Wildman–Crippen LogP) is 1.95. The average Bonchev–Trinajstić information content (AvgIpc) is 3.61. The Morgan fingerprint density at radius 2 is 1.93 bits per heavy atom. The highest BCUT2D eigenvalue weighted by molar-refractivity contribution is 9.10. The van der Waals surface area contributed by atoms with Gasteiger partial charge in [-0.1, -0.05) is 34.1 Å². The van der Waals surface area contributed by atoms with Crippen LogP contribution in [-0.4, -0.2) is 74.0 Å². The zero-order valence-electron chi connectivity index (χ0n) is 16.6. The molecular formula is C21H30BrN5O. The first-order valence-electron chi connectivity index (χ1n) is 10.3. The molecule has 1 heterocycles. The van der Waals surface area contributed by atoms with Crippen LogP contribution in [0.5, 0.6) is 0 Å². The second kappa shape index (κ2) is 8.41. The van der Waals surface area contributed by atoms with E-state index in [4.69, 9.17) is 0 Å². The minimum absolute atomic E-state index is 0.169. The molecule has 6 nitrogen and oxygen atoms in total. The molecule has 28 heavy (non-hydrogen) atoms. The van der Waals surface area contributed by atoms with E-state index in [9.17, 15) is 4.79 Å². The van der Waals surface area contributed by atoms with E-state index in [0.717, 1.165) is 51.5 Å². The molecular weight excluding hydrogens is 418 g/mol. The topological polar surface area (TPSA) is 60.0 Å². The van der Waals surface area contributed by atoms with Crippen molar-refractivity contribution in [2.24, 2.45) is 4.99 Å². The molecule has 0 atom stereocenters. The Morgan fingerprint density at radius 3 is 2.54 bits per heavy atom. The summed E-state index contributed by atoms with van der Waals surface area (Å²) < 4.78 is 1.20. The van der Waals surface area contributed by atoms with Crippen molar-refractivity contribution in [3.63, 3.8) is 0 Å². The van der Waals surface area contributed by atoms with Crippen molar-refractivity contribution in [1.82, 2.24) is 20.4 Å². The van der Waals surface area contributed by atoms with E-state index in [-0.39, 0.29) is 11.3 Å². The lowest BCUT2D eigenvalue weighted by Crippen LogP contribution is -2.54. The zero-order valence-corrected chi connectivity index (χ0v) is 18.2. The minimum atomic E-state index is 0.169. The van der Waals surface area contributed by atoms with Crippen molar-refractivity contribution in [1.29, 1.82) is 0 Å². The number of aliphatic imine (C=N–C) groups is 1. The highest BCUT2D eigenvalue weighted by Gasteiger charge is 2.45. The first-order chi connectivity index (χ1) is 13.6. The van der Waals surface area contributed by atoms with Gasteiger partial charge in [0.2, 0.25) is 5.91 Å². The number of nitrogens with zero attached hydrogens (tertiary/aromatic N) is 3. The van der Waals surface area contributed by atoms with Gasteiger partial charge in [0, 0.05) is 55.7 Å². The molecule has 152 valence electrons. The number of amides is 1. The van der Waals surface area contributed by atoms with E-state index >= 15 is 0 Å². The lowest BCUT2D eigenvalue weighted by molar-refractivity contribution is -0.122. The maximum atomic E-state index is 12.0. The molecule has 4 rings (SSSR count). The third-order valence-corrected chi connectivity index (χ3v) is 6.77. The van der Waals surface area contributed by atoms with Gasteiger partial charge in [0.25, 0.3) is 0 Å². The molecule has 0 spiro atoms. The minimum Gasteiger partial charge on any atom is -0.355 e. The smallest absolute Gasteiger partial charge is 0.234 e. The Labute approximate surface area is 175 Å². The summed E-state index contributed by atoms with van der Waals surface area (Å²) in [4.78, 5) is 21.1. The summed E-state index contributed by atoms with van der Waals surface area (Å²) in [6, 6.07) is 8.99. The normalized spacial score (nSPS) is 22.1. The van der Waals surface area contributed by atoms with Gasteiger partial charge in [-0.3, -0.25) is 14.7 Å². The van der Waals surface area contributed by atoms with E-state index in [1.165, 1.54) is 22.9 Å². The number of carbonyl (C=O) groups is 1. The Balaban J connectivity index is 1.26. The molecule has 0 aromatic heterocycles. The van der Waals surface area contributed by atoms with Gasteiger partial charge < -0.3 is 15.5 Å². The second-order valence-corrected chi connectivity index (χ2v) is 9.12. The molecule has 0 bridgehead atoms. The number of halogens is 1. The van der Waals surface area contributed by atoms with Crippen LogP contribution in [-0.2, 0) is 10.2 Å². The largest absolute Gasteiger partial charge is 0.355 e. The molecule has 2 N–H and O–H groups in total. The first kappa shape index (κ1) is 19.7. The van der Waals surface area contributed by atoms with Gasteiger partial charge in [-0.15, -0.1) is 0 Å². The van der Waals surface area contributed by atoms with Gasteiger partial charge >= 0.3 is 0 Å². The Bertz CT molecular complexity index is 736. The van der Waals surface area contributed by atoms with Crippen LogP contribution < -0.4 is 10.6 Å². The lowest BCUT2D eigenvalue weighted by Gasteiger charge is -2.36. The molecule has 1 aromatic carbocycles. The van der Waals surface area contributed by atoms with E-state index in [1.54, 1.807) is 0 Å². The fraction of sp³-hybridized carbons (Fsp3) is 0.619. The van der Waals surface area contributed by atoms with Crippen molar-refractivity contribution in [2.75, 3.05) is 46.3 Å². The monoisotopic (exact) mass is 447 g/mol. The maximum Gasteiger partial charge on any atom is 0.234 e. The van der Waals surface area contributed by atoms with Crippen molar-refractivity contribution in [3.05, 3.63) is 34.3 Å². The lowest BCUT2D eigenvalue weighted by atomic mass is 9.96. The summed E-state index contributed by atoms with van der Waals surface area (Å²) in [7, 11) is 1.86. The summed E-state index contributed by atoms with van der Waals surface area (Å²) >= 11 is 3.71. The Hall–Kier alpha value is -1.60. The zero-order chi connectivity index (χ0) is 19.6. The van der Waals surface area contributed by atoms with Crippen LogP contribution in [0, 0.1) is 0 Å². The number of carbonyl (C=O) groups excluding carboxylic acids is 1. The first-order valence-corrected chi connectivity index (χ1v) is 11.1. The molecule has 7 heteroatoms. The van der Waals surface area contributed by atoms with E-state index in [2.05, 4.69) is 65.6 Å². The molecule has 1 saturated heterocycles. The summed E-state index contributed by atoms with van der Waals surface area (Å²) in [5.41, 5.74) is 1.61. The van der Waals surface area contributed by atoms with Crippen LogP contribution in [0.15, 0.2) is 33.7 Å². The van der Waals surface area contributed by atoms with E-state index in [0.29, 0.717) is 12.6 Å². The number of nitrogens with one attached hydrogen (secondary N) is 2. The van der Waals surface area contributed by atoms with Gasteiger partial charge in [0.15, 0.2) is 5.96 Å². The molecule has 2 saturated carbocycles.